The number of nitrogens with two attached hydrogens (primary N) is 1. The van der Waals surface area contributed by atoms with Crippen molar-refractivity contribution >= 4 is 0 Å². The molecule has 0 saturated carbocycles. The lowest BCUT2D eigenvalue weighted by Crippen LogP contribution is -2.43. The van der Waals surface area contributed by atoms with Crippen molar-refractivity contribution in [2.24, 2.45) is 11.7 Å². The Labute approximate surface area is 107 Å². The van der Waals surface area contributed by atoms with E-state index in [1.165, 1.54) is 11.3 Å². The first-order valence-corrected chi connectivity index (χ1v) is 6.50. The van der Waals surface area contributed by atoms with Crippen LogP contribution in [0.3, 0.4) is 0 Å². The van der Waals surface area contributed by atoms with Gasteiger partial charge in [-0.05, 0) is 5.57 Å². The highest BCUT2D eigenvalue weighted by Gasteiger charge is 2.42. The minimum atomic E-state index is 0.124. The van der Waals surface area contributed by atoms with Gasteiger partial charge in [-0.2, -0.15) is 0 Å². The molecule has 0 saturated heterocycles. The van der Waals surface area contributed by atoms with E-state index >= 15 is 0 Å². The average Bonchev–Trinajstić information content (AvgIpc) is 2.75. The molecule has 1 aliphatic carbocycles. The zero-order chi connectivity index (χ0) is 12.7. The predicted molar refractivity (Wildman–Crippen MR) is 68.6 cm³/mol. The molecule has 5 nitrogen and oxygen atoms in total. The van der Waals surface area contributed by atoms with Gasteiger partial charge in [0.2, 0.25) is 0 Å². The highest BCUT2D eigenvalue weighted by atomic mass is 16.5. The van der Waals surface area contributed by atoms with Crippen LogP contribution < -0.4 is 16.4 Å². The molecule has 100 valence electrons. The van der Waals surface area contributed by atoms with Gasteiger partial charge >= 0.3 is 0 Å². The zero-order valence-electron chi connectivity index (χ0n) is 11.0. The third-order valence-corrected chi connectivity index (χ3v) is 4.27. The third kappa shape index (κ3) is 1.69. The van der Waals surface area contributed by atoms with Gasteiger partial charge in [-0.3, -0.25) is 0 Å². The van der Waals surface area contributed by atoms with Crippen LogP contribution in [0.1, 0.15) is 12.8 Å². The van der Waals surface area contributed by atoms with Gasteiger partial charge < -0.3 is 25.8 Å². The van der Waals surface area contributed by atoms with E-state index in [-0.39, 0.29) is 6.04 Å². The van der Waals surface area contributed by atoms with Crippen molar-refractivity contribution in [2.45, 2.75) is 24.9 Å². The minimum Gasteiger partial charge on any atom is -0.498 e. The van der Waals surface area contributed by atoms with Gasteiger partial charge in [0.15, 0.2) is 0 Å². The summed E-state index contributed by atoms with van der Waals surface area (Å²) in [6.45, 7) is 1.77. The predicted octanol–water partition coefficient (Wildman–Crippen LogP) is 0.0572. The van der Waals surface area contributed by atoms with Crippen LogP contribution in [0.25, 0.3) is 0 Å². The van der Waals surface area contributed by atoms with E-state index in [0.29, 0.717) is 12.0 Å². The van der Waals surface area contributed by atoms with Crippen molar-refractivity contribution in [1.82, 2.24) is 10.6 Å². The van der Waals surface area contributed by atoms with E-state index in [0.717, 1.165) is 37.4 Å². The van der Waals surface area contributed by atoms with Gasteiger partial charge in [-0.15, -0.1) is 0 Å². The zero-order valence-corrected chi connectivity index (χ0v) is 11.0. The Hall–Kier alpha value is -1.20. The van der Waals surface area contributed by atoms with E-state index < -0.39 is 0 Å². The largest absolute Gasteiger partial charge is 0.498 e. The van der Waals surface area contributed by atoms with Crippen LogP contribution in [0.4, 0.5) is 0 Å². The second-order valence-corrected chi connectivity index (χ2v) is 5.19. The van der Waals surface area contributed by atoms with Gasteiger partial charge in [0.25, 0.3) is 0 Å². The number of methoxy groups -OCH3 is 2. The molecule has 3 aliphatic rings. The van der Waals surface area contributed by atoms with Crippen LogP contribution in [0.2, 0.25) is 0 Å². The molecule has 0 aromatic heterocycles. The number of nitrogens with one attached hydrogen (secondary N) is 2. The molecule has 0 bridgehead atoms. The normalized spacial score (nSPS) is 34.9. The maximum absolute atomic E-state index is 6.23. The summed E-state index contributed by atoms with van der Waals surface area (Å²) in [6.07, 6.45) is 1.77. The van der Waals surface area contributed by atoms with E-state index in [9.17, 15) is 0 Å². The van der Waals surface area contributed by atoms with Crippen molar-refractivity contribution in [3.05, 3.63) is 22.8 Å². The van der Waals surface area contributed by atoms with Crippen LogP contribution >= 0.6 is 0 Å². The van der Waals surface area contributed by atoms with Gasteiger partial charge in [0.1, 0.15) is 11.5 Å². The maximum Gasteiger partial charge on any atom is 0.135 e. The molecule has 3 unspecified atom stereocenters. The van der Waals surface area contributed by atoms with Gasteiger partial charge in [-0.25, -0.2) is 0 Å². The molecule has 0 amide bonds. The number of hydrogen-bond donors (Lipinski definition) is 3. The van der Waals surface area contributed by atoms with Crippen LogP contribution in [0.15, 0.2) is 22.8 Å². The number of fused-ring (bicyclic) bond motifs is 2. The van der Waals surface area contributed by atoms with Crippen molar-refractivity contribution in [1.29, 1.82) is 0 Å². The van der Waals surface area contributed by atoms with E-state index in [1.54, 1.807) is 14.2 Å². The SMILES string of the molecule is COC1=C(OC)CC2C3=C(CNCC3N)NC2C1. The van der Waals surface area contributed by atoms with Crippen LogP contribution in [-0.4, -0.2) is 39.4 Å². The smallest absolute Gasteiger partial charge is 0.135 e. The van der Waals surface area contributed by atoms with E-state index in [2.05, 4.69) is 10.6 Å². The van der Waals surface area contributed by atoms with Crippen LogP contribution in [0, 0.1) is 5.92 Å². The Balaban J connectivity index is 1.88. The summed E-state index contributed by atoms with van der Waals surface area (Å²) < 4.78 is 10.9. The van der Waals surface area contributed by atoms with Gasteiger partial charge in [0.05, 0.1) is 14.2 Å². The number of hydrogen-bond acceptors (Lipinski definition) is 5. The lowest BCUT2D eigenvalue weighted by Gasteiger charge is -2.31. The topological polar surface area (TPSA) is 68.5 Å². The first kappa shape index (κ1) is 11.9. The molecule has 3 atom stereocenters. The summed E-state index contributed by atoms with van der Waals surface area (Å²) in [7, 11) is 3.43. The second-order valence-electron chi connectivity index (χ2n) is 5.19. The monoisotopic (exact) mass is 251 g/mol. The van der Waals surface area contributed by atoms with Gasteiger partial charge in [0, 0.05) is 49.6 Å². The molecule has 2 heterocycles. The molecule has 0 spiro atoms. The van der Waals surface area contributed by atoms with Crippen molar-refractivity contribution in [3.8, 4) is 0 Å². The fourth-order valence-corrected chi connectivity index (χ4v) is 3.43. The average molecular weight is 251 g/mol. The molecule has 0 aromatic rings. The minimum absolute atomic E-state index is 0.124. The van der Waals surface area contributed by atoms with Crippen molar-refractivity contribution in [2.75, 3.05) is 27.3 Å². The Morgan fingerprint density at radius 1 is 1.17 bits per heavy atom. The molecule has 0 radical (unpaired) electrons. The Bertz CT molecular complexity index is 416. The van der Waals surface area contributed by atoms with Crippen LogP contribution in [0.5, 0.6) is 0 Å². The quantitative estimate of drug-likeness (QED) is 0.647. The standard InChI is InChI=1S/C13H21N3O2/c1-17-11-3-7-9(4-12(11)18-2)16-10-6-15-5-8(14)13(7)10/h7-9,15-16H,3-6,14H2,1-2H3. The highest BCUT2D eigenvalue weighted by molar-refractivity contribution is 5.36. The molecular weight excluding hydrogens is 230 g/mol. The molecule has 0 aromatic carbocycles. The summed E-state index contributed by atoms with van der Waals surface area (Å²) in [5, 5.41) is 6.95. The summed E-state index contributed by atoms with van der Waals surface area (Å²) in [5.41, 5.74) is 8.91. The Morgan fingerprint density at radius 3 is 2.61 bits per heavy atom. The number of allylic oxidation sites excluding steroid dienone is 1. The molecule has 18 heavy (non-hydrogen) atoms. The Kier molecular flexibility index (Phi) is 2.95. The van der Waals surface area contributed by atoms with Crippen molar-refractivity contribution < 1.29 is 9.47 Å². The lowest BCUT2D eigenvalue weighted by molar-refractivity contribution is 0.166. The van der Waals surface area contributed by atoms with E-state index in [1.807, 2.05) is 0 Å². The number of ether oxygens (including phenoxy) is 2. The summed E-state index contributed by atoms with van der Waals surface area (Å²) in [5.74, 6) is 2.40. The summed E-state index contributed by atoms with van der Waals surface area (Å²) in [4.78, 5) is 0. The molecule has 4 N–H and O–H groups in total. The maximum atomic E-state index is 6.23. The molecule has 5 heteroatoms. The fraction of sp³-hybridized carbons (Fsp3) is 0.692. The number of rotatable bonds is 2. The first-order valence-electron chi connectivity index (χ1n) is 6.50. The third-order valence-electron chi connectivity index (χ3n) is 4.27. The highest BCUT2D eigenvalue weighted by Crippen LogP contribution is 2.41. The van der Waals surface area contributed by atoms with E-state index in [4.69, 9.17) is 15.2 Å². The second kappa shape index (κ2) is 4.48. The molecule has 2 aliphatic heterocycles. The summed E-state index contributed by atoms with van der Waals surface area (Å²) >= 11 is 0. The first-order chi connectivity index (χ1) is 8.74. The van der Waals surface area contributed by atoms with Crippen molar-refractivity contribution in [3.63, 3.8) is 0 Å². The molecule has 3 rings (SSSR count). The molecule has 0 fully saturated rings. The Morgan fingerprint density at radius 2 is 1.89 bits per heavy atom. The molecular formula is C13H21N3O2. The lowest BCUT2D eigenvalue weighted by atomic mass is 9.80. The summed E-state index contributed by atoms with van der Waals surface area (Å²) in [6, 6.07) is 0.535. The van der Waals surface area contributed by atoms with Gasteiger partial charge in [-0.1, -0.05) is 0 Å². The van der Waals surface area contributed by atoms with Crippen LogP contribution in [-0.2, 0) is 9.47 Å². The fourth-order valence-electron chi connectivity index (χ4n) is 3.43.